The summed E-state index contributed by atoms with van der Waals surface area (Å²) in [6.45, 7) is 4.15. The Morgan fingerprint density at radius 2 is 1.73 bits per heavy atom. The molecule has 1 aromatic rings. The molecule has 1 atom stereocenters. The average molecular weight is 301 g/mol. The molecule has 0 radical (unpaired) electrons. The number of piperazine rings is 1. The van der Waals surface area contributed by atoms with Gasteiger partial charge in [-0.15, -0.1) is 0 Å². The largest absolute Gasteiger partial charge is 0.304 e. The molecular formula is C17H23N3O2. The van der Waals surface area contributed by atoms with Gasteiger partial charge in [0.25, 0.3) is 0 Å². The fourth-order valence-electron chi connectivity index (χ4n) is 3.21. The van der Waals surface area contributed by atoms with Crippen LogP contribution in [0.1, 0.15) is 12.0 Å². The highest BCUT2D eigenvalue weighted by atomic mass is 16.2. The molecule has 1 aromatic carbocycles. The van der Waals surface area contributed by atoms with E-state index >= 15 is 0 Å². The van der Waals surface area contributed by atoms with Gasteiger partial charge in [0.2, 0.25) is 11.8 Å². The van der Waals surface area contributed by atoms with Gasteiger partial charge in [-0.1, -0.05) is 30.3 Å². The first kappa shape index (κ1) is 15.2. The number of amides is 2. The Morgan fingerprint density at radius 3 is 2.41 bits per heavy atom. The molecule has 0 N–H and O–H groups in total. The maximum atomic E-state index is 12.6. The van der Waals surface area contributed by atoms with Gasteiger partial charge >= 0.3 is 0 Å². The Balaban J connectivity index is 1.59. The Kier molecular flexibility index (Phi) is 4.55. The van der Waals surface area contributed by atoms with E-state index in [9.17, 15) is 9.59 Å². The number of hydrogen-bond acceptors (Lipinski definition) is 4. The van der Waals surface area contributed by atoms with Gasteiger partial charge < -0.3 is 4.90 Å². The van der Waals surface area contributed by atoms with Crippen LogP contribution < -0.4 is 0 Å². The monoisotopic (exact) mass is 301 g/mol. The van der Waals surface area contributed by atoms with Crippen molar-refractivity contribution < 1.29 is 9.59 Å². The summed E-state index contributed by atoms with van der Waals surface area (Å²) in [6.07, 6.45) is 1.07. The molecule has 2 amide bonds. The van der Waals surface area contributed by atoms with E-state index in [1.807, 2.05) is 30.3 Å². The molecule has 0 bridgehead atoms. The van der Waals surface area contributed by atoms with Crippen LogP contribution in [0.15, 0.2) is 30.3 Å². The maximum absolute atomic E-state index is 12.6. The smallest absolute Gasteiger partial charge is 0.247 e. The van der Waals surface area contributed by atoms with Crippen LogP contribution in [-0.4, -0.2) is 72.3 Å². The first-order valence-electron chi connectivity index (χ1n) is 7.96. The van der Waals surface area contributed by atoms with Gasteiger partial charge in [-0.2, -0.15) is 0 Å². The van der Waals surface area contributed by atoms with Gasteiger partial charge in [0.05, 0.1) is 12.5 Å². The minimum Gasteiger partial charge on any atom is -0.304 e. The van der Waals surface area contributed by atoms with Crippen molar-refractivity contribution >= 4 is 11.8 Å². The van der Waals surface area contributed by atoms with E-state index in [4.69, 9.17) is 0 Å². The summed E-state index contributed by atoms with van der Waals surface area (Å²) in [4.78, 5) is 30.6. The molecule has 5 nitrogen and oxygen atoms in total. The zero-order valence-corrected chi connectivity index (χ0v) is 13.1. The number of imide groups is 1. The fraction of sp³-hybridized carbons (Fsp3) is 0.529. The summed E-state index contributed by atoms with van der Waals surface area (Å²) in [5.41, 5.74) is 1.16. The molecule has 2 aliphatic rings. The van der Waals surface area contributed by atoms with Crippen molar-refractivity contribution in [1.82, 2.24) is 14.7 Å². The van der Waals surface area contributed by atoms with Gasteiger partial charge in [-0.05, 0) is 19.0 Å². The van der Waals surface area contributed by atoms with E-state index < -0.39 is 0 Å². The lowest BCUT2D eigenvalue weighted by atomic mass is 10.1. The highest BCUT2D eigenvalue weighted by molar-refractivity contribution is 6.05. The van der Waals surface area contributed by atoms with Crippen molar-refractivity contribution in [2.75, 3.05) is 39.8 Å². The number of rotatable bonds is 4. The average Bonchev–Trinajstić information content (AvgIpc) is 2.82. The molecule has 0 unspecified atom stereocenters. The third kappa shape index (κ3) is 3.20. The zero-order valence-electron chi connectivity index (χ0n) is 13.1. The predicted octanol–water partition coefficient (Wildman–Crippen LogP) is 0.604. The van der Waals surface area contributed by atoms with Gasteiger partial charge in [0, 0.05) is 32.7 Å². The number of likely N-dealkylation sites (N-methyl/N-ethyl adjacent to an activating group) is 1. The molecule has 2 aliphatic heterocycles. The molecule has 0 aliphatic carbocycles. The van der Waals surface area contributed by atoms with Crippen LogP contribution in [-0.2, 0) is 16.0 Å². The Hall–Kier alpha value is -1.72. The fourth-order valence-corrected chi connectivity index (χ4v) is 3.21. The molecule has 0 saturated carbocycles. The van der Waals surface area contributed by atoms with Crippen molar-refractivity contribution in [3.8, 4) is 0 Å². The van der Waals surface area contributed by atoms with Crippen molar-refractivity contribution in [3.05, 3.63) is 35.9 Å². The number of carbonyl (C=O) groups is 2. The van der Waals surface area contributed by atoms with Crippen molar-refractivity contribution in [2.45, 2.75) is 18.9 Å². The first-order valence-corrected chi connectivity index (χ1v) is 7.96. The second-order valence-corrected chi connectivity index (χ2v) is 6.18. The highest BCUT2D eigenvalue weighted by Crippen LogP contribution is 2.20. The number of nitrogens with zero attached hydrogens (tertiary/aromatic N) is 3. The van der Waals surface area contributed by atoms with Gasteiger partial charge in [0.1, 0.15) is 0 Å². The van der Waals surface area contributed by atoms with Crippen LogP contribution in [0, 0.1) is 0 Å². The van der Waals surface area contributed by atoms with E-state index in [0.29, 0.717) is 13.0 Å². The second-order valence-electron chi connectivity index (χ2n) is 6.18. The third-order valence-corrected chi connectivity index (χ3v) is 4.67. The Labute approximate surface area is 131 Å². The van der Waals surface area contributed by atoms with Crippen molar-refractivity contribution in [1.29, 1.82) is 0 Å². The predicted molar refractivity (Wildman–Crippen MR) is 84.3 cm³/mol. The molecule has 3 rings (SSSR count). The molecule has 0 spiro atoms. The molecule has 0 aromatic heterocycles. The van der Waals surface area contributed by atoms with Crippen molar-refractivity contribution in [2.24, 2.45) is 0 Å². The van der Waals surface area contributed by atoms with Crippen molar-refractivity contribution in [3.63, 3.8) is 0 Å². The molecule has 2 saturated heterocycles. The molecule has 22 heavy (non-hydrogen) atoms. The summed E-state index contributed by atoms with van der Waals surface area (Å²) >= 11 is 0. The minimum absolute atomic E-state index is 0.00881. The summed E-state index contributed by atoms with van der Waals surface area (Å²) in [7, 11) is 2.09. The van der Waals surface area contributed by atoms with Crippen LogP contribution in [0.25, 0.3) is 0 Å². The van der Waals surface area contributed by atoms with Gasteiger partial charge in [0.15, 0.2) is 0 Å². The molecule has 5 heteroatoms. The minimum atomic E-state index is -0.239. The van der Waals surface area contributed by atoms with E-state index in [-0.39, 0.29) is 17.9 Å². The zero-order chi connectivity index (χ0) is 15.5. The van der Waals surface area contributed by atoms with Crippen LogP contribution in [0.4, 0.5) is 0 Å². The summed E-state index contributed by atoms with van der Waals surface area (Å²) in [5.74, 6) is -0.0321. The third-order valence-electron chi connectivity index (χ3n) is 4.67. The maximum Gasteiger partial charge on any atom is 0.247 e. The topological polar surface area (TPSA) is 43.9 Å². The van der Waals surface area contributed by atoms with Gasteiger partial charge in [-0.3, -0.25) is 19.4 Å². The van der Waals surface area contributed by atoms with E-state index in [1.165, 1.54) is 4.90 Å². The number of benzene rings is 1. The Bertz CT molecular complexity index is 538. The van der Waals surface area contributed by atoms with Crippen LogP contribution in [0.2, 0.25) is 0 Å². The summed E-state index contributed by atoms with van der Waals surface area (Å²) in [6, 6.07) is 9.76. The van der Waals surface area contributed by atoms with E-state index in [2.05, 4.69) is 16.8 Å². The first-order chi connectivity index (χ1) is 10.6. The molecular weight excluding hydrogens is 278 g/mol. The quantitative estimate of drug-likeness (QED) is 0.764. The lowest BCUT2D eigenvalue weighted by molar-refractivity contribution is -0.139. The number of likely N-dealkylation sites (tertiary alicyclic amines) is 1. The van der Waals surface area contributed by atoms with Crippen LogP contribution in [0.5, 0.6) is 0 Å². The summed E-state index contributed by atoms with van der Waals surface area (Å²) in [5, 5.41) is 0. The Morgan fingerprint density at radius 1 is 1.05 bits per heavy atom. The van der Waals surface area contributed by atoms with E-state index in [1.54, 1.807) is 0 Å². The molecule has 2 heterocycles. The summed E-state index contributed by atoms with van der Waals surface area (Å²) < 4.78 is 0. The number of carbonyl (C=O) groups excluding carboxylic acids is 2. The van der Waals surface area contributed by atoms with E-state index in [0.717, 1.165) is 38.2 Å². The number of hydrogen-bond donors (Lipinski definition) is 0. The lowest BCUT2D eigenvalue weighted by Gasteiger charge is -2.35. The SMILES string of the molecule is CN1CCN([C@@H]2CC(=O)N(CCc3ccccc3)C2=O)CC1. The molecule has 2 fully saturated rings. The lowest BCUT2D eigenvalue weighted by Crippen LogP contribution is -2.51. The van der Waals surface area contributed by atoms with Crippen LogP contribution in [0.3, 0.4) is 0 Å². The van der Waals surface area contributed by atoms with Gasteiger partial charge in [-0.25, -0.2) is 0 Å². The standard InChI is InChI=1S/C17H23N3O2/c1-18-9-11-19(12-10-18)15-13-16(21)20(17(15)22)8-7-14-5-3-2-4-6-14/h2-6,15H,7-13H2,1H3/t15-/m1/s1. The highest BCUT2D eigenvalue weighted by Gasteiger charge is 2.41. The normalized spacial score (nSPS) is 24.2. The van der Waals surface area contributed by atoms with Crippen LogP contribution >= 0.6 is 0 Å². The second kappa shape index (κ2) is 6.58. The molecule has 118 valence electrons.